The number of nitrogens with zero attached hydrogens (tertiary/aromatic N) is 2. The predicted molar refractivity (Wildman–Crippen MR) is 90.5 cm³/mol. The summed E-state index contributed by atoms with van der Waals surface area (Å²) >= 11 is 0. The highest BCUT2D eigenvalue weighted by Crippen LogP contribution is 2.33. The topological polar surface area (TPSA) is 87.3 Å². The maximum atomic E-state index is 14.1. The molecule has 0 spiro atoms. The number of hydrogen-bond donors (Lipinski definition) is 1. The number of carbonyl (C=O) groups excluding carboxylic acids is 1. The molecule has 0 fully saturated rings. The molecule has 130 valence electrons. The number of hydrogen-bond acceptors (Lipinski definition) is 5. The zero-order chi connectivity index (χ0) is 18.1. The Morgan fingerprint density at radius 1 is 1.12 bits per heavy atom. The van der Waals surface area contributed by atoms with E-state index < -0.39 is 18.0 Å². The molecule has 2 N–H and O–H groups in total. The molecule has 0 saturated carbocycles. The Kier molecular flexibility index (Phi) is 4.06. The number of carbonyl (C=O) groups is 1. The number of benzene rings is 2. The van der Waals surface area contributed by atoms with Crippen LogP contribution in [0.4, 0.5) is 4.39 Å². The molecule has 26 heavy (non-hydrogen) atoms. The number of halogens is 1. The van der Waals surface area contributed by atoms with E-state index in [0.717, 1.165) is 5.56 Å². The molecule has 1 unspecified atom stereocenters. The van der Waals surface area contributed by atoms with Gasteiger partial charge in [-0.05, 0) is 24.3 Å². The Hall–Kier alpha value is -3.32. The monoisotopic (exact) mass is 351 g/mol. The van der Waals surface area contributed by atoms with E-state index in [1.807, 2.05) is 24.3 Å². The van der Waals surface area contributed by atoms with E-state index in [0.29, 0.717) is 18.1 Å². The Balaban J connectivity index is 1.77. The van der Waals surface area contributed by atoms with E-state index in [1.165, 1.54) is 12.1 Å². The fourth-order valence-corrected chi connectivity index (χ4v) is 2.70. The van der Waals surface area contributed by atoms with E-state index in [9.17, 15) is 9.18 Å². The van der Waals surface area contributed by atoms with Crippen LogP contribution in [0, 0.1) is 5.82 Å². The van der Waals surface area contributed by atoms with Crippen molar-refractivity contribution in [2.24, 2.45) is 5.73 Å². The lowest BCUT2D eigenvalue weighted by Crippen LogP contribution is -2.22. The van der Waals surface area contributed by atoms with Crippen LogP contribution >= 0.6 is 0 Å². The van der Waals surface area contributed by atoms with Crippen LogP contribution in [-0.4, -0.2) is 15.9 Å². The number of aromatic nitrogens is 2. The number of amides is 1. The number of primary amides is 1. The van der Waals surface area contributed by atoms with Crippen LogP contribution in [0.15, 0.2) is 54.6 Å². The molecule has 7 heteroatoms. The van der Waals surface area contributed by atoms with Crippen molar-refractivity contribution in [3.05, 3.63) is 77.5 Å². The van der Waals surface area contributed by atoms with Gasteiger partial charge in [-0.1, -0.05) is 30.3 Å². The molecule has 4 rings (SSSR count). The highest BCUT2D eigenvalue weighted by atomic mass is 19.1. The highest BCUT2D eigenvalue weighted by Gasteiger charge is 2.25. The van der Waals surface area contributed by atoms with E-state index in [1.54, 1.807) is 18.2 Å². The number of fused-ring (bicyclic) bond motifs is 1. The third-order valence-electron chi connectivity index (χ3n) is 3.95. The molecular formula is C19H14FN3O3. The van der Waals surface area contributed by atoms with Crippen molar-refractivity contribution in [1.29, 1.82) is 0 Å². The smallest absolute Gasteiger partial charge is 0.286 e. The van der Waals surface area contributed by atoms with Crippen molar-refractivity contribution in [2.45, 2.75) is 12.9 Å². The molecule has 1 amide bonds. The average Bonchev–Trinajstić information content (AvgIpc) is 2.67. The largest absolute Gasteiger partial charge is 0.459 e. The summed E-state index contributed by atoms with van der Waals surface area (Å²) in [7, 11) is 0. The first-order valence-electron chi connectivity index (χ1n) is 7.91. The molecule has 0 radical (unpaired) electrons. The Bertz CT molecular complexity index is 993. The molecule has 0 bridgehead atoms. The summed E-state index contributed by atoms with van der Waals surface area (Å²) in [6.45, 7) is 0.325. The summed E-state index contributed by atoms with van der Waals surface area (Å²) in [5.74, 6) is -0.855. The third-order valence-corrected chi connectivity index (χ3v) is 3.95. The molecule has 1 atom stereocenters. The predicted octanol–water partition coefficient (Wildman–Crippen LogP) is 2.99. The molecule has 6 nitrogen and oxygen atoms in total. The quantitative estimate of drug-likeness (QED) is 0.784. The van der Waals surface area contributed by atoms with Crippen LogP contribution in [0.2, 0.25) is 0 Å². The second-order valence-electron chi connectivity index (χ2n) is 5.71. The SMILES string of the molecule is NC(=O)c1nc(-c2ccccc2F)cc(C2OCc3ccccc3O2)n1. The number of rotatable bonds is 3. The van der Waals surface area contributed by atoms with Gasteiger partial charge in [0.25, 0.3) is 5.91 Å². The first-order valence-corrected chi connectivity index (χ1v) is 7.91. The molecule has 1 aliphatic heterocycles. The summed E-state index contributed by atoms with van der Waals surface area (Å²) in [5, 5.41) is 0. The maximum absolute atomic E-state index is 14.1. The molecule has 0 aliphatic carbocycles. The first-order chi connectivity index (χ1) is 12.6. The molecule has 3 aromatic rings. The van der Waals surface area contributed by atoms with Gasteiger partial charge in [-0.2, -0.15) is 0 Å². The van der Waals surface area contributed by atoms with Gasteiger partial charge in [0.15, 0.2) is 0 Å². The Morgan fingerprint density at radius 2 is 1.88 bits per heavy atom. The minimum atomic E-state index is -0.850. The van der Waals surface area contributed by atoms with Gasteiger partial charge < -0.3 is 15.2 Å². The fraction of sp³-hybridized carbons (Fsp3) is 0.105. The summed E-state index contributed by atoms with van der Waals surface area (Å²) < 4.78 is 25.6. The van der Waals surface area contributed by atoms with Gasteiger partial charge in [0.2, 0.25) is 12.1 Å². The molecule has 0 saturated heterocycles. The van der Waals surface area contributed by atoms with Crippen molar-refractivity contribution in [3.8, 4) is 17.0 Å². The van der Waals surface area contributed by atoms with E-state index in [2.05, 4.69) is 9.97 Å². The lowest BCUT2D eigenvalue weighted by atomic mass is 10.1. The Morgan fingerprint density at radius 3 is 2.69 bits per heavy atom. The first kappa shape index (κ1) is 16.2. The van der Waals surface area contributed by atoms with Gasteiger partial charge in [0.05, 0.1) is 12.3 Å². The Labute approximate surface area is 148 Å². The molecule has 2 heterocycles. The highest BCUT2D eigenvalue weighted by molar-refractivity contribution is 5.89. The van der Waals surface area contributed by atoms with Crippen molar-refractivity contribution < 1.29 is 18.7 Å². The lowest BCUT2D eigenvalue weighted by Gasteiger charge is -2.26. The molecule has 1 aliphatic rings. The van der Waals surface area contributed by atoms with Crippen LogP contribution in [0.3, 0.4) is 0 Å². The van der Waals surface area contributed by atoms with Crippen molar-refractivity contribution in [3.63, 3.8) is 0 Å². The summed E-state index contributed by atoms with van der Waals surface area (Å²) in [4.78, 5) is 19.8. The van der Waals surface area contributed by atoms with Gasteiger partial charge in [-0.25, -0.2) is 14.4 Å². The van der Waals surface area contributed by atoms with Crippen LogP contribution in [0.1, 0.15) is 28.2 Å². The molecular weight excluding hydrogens is 337 g/mol. The fourth-order valence-electron chi connectivity index (χ4n) is 2.70. The van der Waals surface area contributed by atoms with E-state index in [4.69, 9.17) is 15.2 Å². The minimum Gasteiger partial charge on any atom is -0.459 e. The van der Waals surface area contributed by atoms with Gasteiger partial charge >= 0.3 is 0 Å². The molecule has 2 aromatic carbocycles. The number of ether oxygens (including phenoxy) is 2. The van der Waals surface area contributed by atoms with Crippen molar-refractivity contribution >= 4 is 5.91 Å². The maximum Gasteiger partial charge on any atom is 0.286 e. The minimum absolute atomic E-state index is 0.230. The second-order valence-corrected chi connectivity index (χ2v) is 5.71. The van der Waals surface area contributed by atoms with Crippen LogP contribution in [-0.2, 0) is 11.3 Å². The third kappa shape index (κ3) is 3.00. The zero-order valence-corrected chi connectivity index (χ0v) is 13.6. The second kappa shape index (κ2) is 6.53. The van der Waals surface area contributed by atoms with Gasteiger partial charge in [0, 0.05) is 11.1 Å². The van der Waals surface area contributed by atoms with Crippen molar-refractivity contribution in [1.82, 2.24) is 9.97 Å². The average molecular weight is 351 g/mol. The summed E-state index contributed by atoms with van der Waals surface area (Å²) in [6.07, 6.45) is -0.850. The molecule has 1 aromatic heterocycles. The summed E-state index contributed by atoms with van der Waals surface area (Å²) in [6, 6.07) is 15.1. The number of para-hydroxylation sites is 1. The van der Waals surface area contributed by atoms with E-state index in [-0.39, 0.29) is 17.1 Å². The lowest BCUT2D eigenvalue weighted by molar-refractivity contribution is -0.114. The zero-order valence-electron chi connectivity index (χ0n) is 13.6. The van der Waals surface area contributed by atoms with Gasteiger partial charge in [0.1, 0.15) is 17.3 Å². The number of nitrogens with two attached hydrogens (primary N) is 1. The normalized spacial score (nSPS) is 15.8. The standard InChI is InChI=1S/C19H14FN3O3/c20-13-7-3-2-6-12(13)14-9-15(23-18(22-14)17(21)24)19-25-10-11-5-1-4-8-16(11)26-19/h1-9,19H,10H2,(H2,21,24). The van der Waals surface area contributed by atoms with Gasteiger partial charge in [-0.3, -0.25) is 4.79 Å². The van der Waals surface area contributed by atoms with Crippen molar-refractivity contribution in [2.75, 3.05) is 0 Å². The van der Waals surface area contributed by atoms with Gasteiger partial charge in [-0.15, -0.1) is 0 Å². The van der Waals surface area contributed by atoms with Crippen LogP contribution < -0.4 is 10.5 Å². The van der Waals surface area contributed by atoms with Crippen LogP contribution in [0.5, 0.6) is 5.75 Å². The summed E-state index contributed by atoms with van der Waals surface area (Å²) in [5.41, 5.74) is 6.99. The van der Waals surface area contributed by atoms with E-state index >= 15 is 0 Å². The van der Waals surface area contributed by atoms with Crippen LogP contribution in [0.25, 0.3) is 11.3 Å².